The number of aromatic nitrogens is 1. The van der Waals surface area contributed by atoms with Crippen LogP contribution < -0.4 is 10.6 Å². The molecule has 4 nitrogen and oxygen atoms in total. The molecule has 1 aromatic rings. The Morgan fingerprint density at radius 2 is 2.25 bits per heavy atom. The van der Waals surface area contributed by atoms with Gasteiger partial charge in [0, 0.05) is 17.1 Å². The first-order chi connectivity index (χ1) is 9.72. The van der Waals surface area contributed by atoms with E-state index in [1.165, 1.54) is 37.0 Å². The molecule has 110 valence electrons. The lowest BCUT2D eigenvalue weighted by Gasteiger charge is -2.39. The quantitative estimate of drug-likeness (QED) is 0.899. The van der Waals surface area contributed by atoms with Crippen molar-refractivity contribution in [1.82, 2.24) is 15.6 Å². The number of aryl methyl sites for hydroxylation is 1. The van der Waals surface area contributed by atoms with Crippen molar-refractivity contribution in [3.05, 3.63) is 16.1 Å². The Morgan fingerprint density at radius 1 is 1.40 bits per heavy atom. The molecule has 1 saturated carbocycles. The van der Waals surface area contributed by atoms with Crippen LogP contribution in [0.25, 0.3) is 0 Å². The molecule has 1 amide bonds. The maximum Gasteiger partial charge on any atom is 0.237 e. The van der Waals surface area contributed by atoms with Gasteiger partial charge >= 0.3 is 0 Å². The summed E-state index contributed by atoms with van der Waals surface area (Å²) < 4.78 is 0. The first-order valence-electron chi connectivity index (χ1n) is 7.67. The minimum absolute atomic E-state index is 0.00425. The van der Waals surface area contributed by atoms with Gasteiger partial charge in [0.15, 0.2) is 0 Å². The summed E-state index contributed by atoms with van der Waals surface area (Å²) in [5.41, 5.74) is 0. The van der Waals surface area contributed by atoms with Crippen LogP contribution in [0.3, 0.4) is 0 Å². The molecule has 20 heavy (non-hydrogen) atoms. The Kier molecular flexibility index (Phi) is 4.36. The van der Waals surface area contributed by atoms with E-state index in [-0.39, 0.29) is 11.9 Å². The minimum Gasteiger partial charge on any atom is -0.348 e. The van der Waals surface area contributed by atoms with Crippen LogP contribution in [0.1, 0.15) is 48.4 Å². The fourth-order valence-corrected chi connectivity index (χ4v) is 4.20. The van der Waals surface area contributed by atoms with Gasteiger partial charge in [-0.05, 0) is 38.5 Å². The summed E-state index contributed by atoms with van der Waals surface area (Å²) in [6.07, 6.45) is 9.28. The first-order valence-corrected chi connectivity index (χ1v) is 8.49. The van der Waals surface area contributed by atoms with Crippen LogP contribution in [0.2, 0.25) is 0 Å². The molecule has 2 aliphatic rings. The van der Waals surface area contributed by atoms with Crippen molar-refractivity contribution in [2.45, 2.75) is 64.1 Å². The highest BCUT2D eigenvalue weighted by molar-refractivity contribution is 7.11. The molecule has 5 heteroatoms. The van der Waals surface area contributed by atoms with Gasteiger partial charge in [-0.3, -0.25) is 4.79 Å². The number of thiazole rings is 1. The van der Waals surface area contributed by atoms with Gasteiger partial charge in [-0.25, -0.2) is 4.98 Å². The van der Waals surface area contributed by atoms with E-state index in [1.807, 2.05) is 13.1 Å². The topological polar surface area (TPSA) is 54.0 Å². The molecule has 3 rings (SSSR count). The molecule has 1 aliphatic carbocycles. The number of carbonyl (C=O) groups excluding carboxylic acids is 1. The molecule has 0 aromatic carbocycles. The van der Waals surface area contributed by atoms with Crippen molar-refractivity contribution in [1.29, 1.82) is 0 Å². The summed E-state index contributed by atoms with van der Waals surface area (Å²) >= 11 is 1.65. The van der Waals surface area contributed by atoms with E-state index in [1.54, 1.807) is 11.3 Å². The SMILES string of the molecule is Cc1cnc(CNC(=O)C2CCC3CCCCC3N2)s1. The number of nitrogens with zero attached hydrogens (tertiary/aromatic N) is 1. The largest absolute Gasteiger partial charge is 0.348 e. The number of nitrogens with one attached hydrogen (secondary N) is 2. The van der Waals surface area contributed by atoms with Crippen molar-refractivity contribution in [3.63, 3.8) is 0 Å². The fourth-order valence-electron chi connectivity index (χ4n) is 3.47. The molecule has 0 bridgehead atoms. The van der Waals surface area contributed by atoms with Gasteiger partial charge in [-0.15, -0.1) is 11.3 Å². The van der Waals surface area contributed by atoms with Crippen LogP contribution in [0, 0.1) is 12.8 Å². The zero-order chi connectivity index (χ0) is 13.9. The van der Waals surface area contributed by atoms with Crippen LogP contribution in [0.5, 0.6) is 0 Å². The summed E-state index contributed by atoms with van der Waals surface area (Å²) in [7, 11) is 0. The summed E-state index contributed by atoms with van der Waals surface area (Å²) in [5.74, 6) is 0.941. The second-order valence-electron chi connectivity index (χ2n) is 6.03. The molecule has 2 fully saturated rings. The van der Waals surface area contributed by atoms with Crippen LogP contribution in [0.4, 0.5) is 0 Å². The maximum atomic E-state index is 12.3. The number of hydrogen-bond donors (Lipinski definition) is 2. The van der Waals surface area contributed by atoms with E-state index in [9.17, 15) is 4.79 Å². The van der Waals surface area contributed by atoms with Crippen molar-refractivity contribution in [2.75, 3.05) is 0 Å². The van der Waals surface area contributed by atoms with E-state index in [2.05, 4.69) is 15.6 Å². The second kappa shape index (κ2) is 6.22. The predicted molar refractivity (Wildman–Crippen MR) is 80.6 cm³/mol. The standard InChI is InChI=1S/C15H23N3OS/c1-10-8-16-14(20-10)9-17-15(19)13-7-6-11-4-2-3-5-12(11)18-13/h8,11-13,18H,2-7,9H2,1H3,(H,17,19). The lowest BCUT2D eigenvalue weighted by molar-refractivity contribution is -0.124. The van der Waals surface area contributed by atoms with Gasteiger partial charge in [0.1, 0.15) is 5.01 Å². The number of rotatable bonds is 3. The van der Waals surface area contributed by atoms with Crippen LogP contribution in [-0.4, -0.2) is 23.0 Å². The Morgan fingerprint density at radius 3 is 3.05 bits per heavy atom. The smallest absolute Gasteiger partial charge is 0.237 e. The maximum absolute atomic E-state index is 12.3. The molecule has 1 saturated heterocycles. The van der Waals surface area contributed by atoms with Crippen LogP contribution in [-0.2, 0) is 11.3 Å². The van der Waals surface area contributed by atoms with Crippen LogP contribution in [0.15, 0.2) is 6.20 Å². The first kappa shape index (κ1) is 14.0. The van der Waals surface area contributed by atoms with E-state index < -0.39 is 0 Å². The van der Waals surface area contributed by atoms with Gasteiger partial charge < -0.3 is 10.6 Å². The number of carbonyl (C=O) groups is 1. The summed E-state index contributed by atoms with van der Waals surface area (Å²) in [6, 6.07) is 0.561. The predicted octanol–water partition coefficient (Wildman–Crippen LogP) is 2.38. The highest BCUT2D eigenvalue weighted by Crippen LogP contribution is 2.32. The van der Waals surface area contributed by atoms with Crippen molar-refractivity contribution < 1.29 is 4.79 Å². The average molecular weight is 293 g/mol. The molecule has 2 heterocycles. The summed E-state index contributed by atoms with van der Waals surface area (Å²) in [5, 5.41) is 7.58. The zero-order valence-corrected chi connectivity index (χ0v) is 12.8. The Bertz CT molecular complexity index is 473. The summed E-state index contributed by atoms with van der Waals surface area (Å²) in [4.78, 5) is 17.7. The lowest BCUT2D eigenvalue weighted by Crippen LogP contribution is -2.54. The van der Waals surface area contributed by atoms with Gasteiger partial charge in [-0.1, -0.05) is 12.8 Å². The summed E-state index contributed by atoms with van der Waals surface area (Å²) in [6.45, 7) is 2.60. The second-order valence-corrected chi connectivity index (χ2v) is 7.35. The zero-order valence-electron chi connectivity index (χ0n) is 12.0. The van der Waals surface area contributed by atoms with Crippen molar-refractivity contribution >= 4 is 17.2 Å². The van der Waals surface area contributed by atoms with Gasteiger partial charge in [0.2, 0.25) is 5.91 Å². The highest BCUT2D eigenvalue weighted by atomic mass is 32.1. The van der Waals surface area contributed by atoms with Crippen molar-refractivity contribution in [2.24, 2.45) is 5.92 Å². The molecule has 1 aromatic heterocycles. The molecule has 1 aliphatic heterocycles. The third-order valence-corrected chi connectivity index (χ3v) is 5.46. The Labute approximate surface area is 124 Å². The number of fused-ring (bicyclic) bond motifs is 1. The number of hydrogen-bond acceptors (Lipinski definition) is 4. The third kappa shape index (κ3) is 3.20. The monoisotopic (exact) mass is 293 g/mol. The molecule has 3 unspecified atom stereocenters. The average Bonchev–Trinajstić information content (AvgIpc) is 2.90. The van der Waals surface area contributed by atoms with Crippen LogP contribution >= 0.6 is 11.3 Å². The molecule has 3 atom stereocenters. The van der Waals surface area contributed by atoms with Gasteiger partial charge in [0.25, 0.3) is 0 Å². The van der Waals surface area contributed by atoms with Crippen molar-refractivity contribution in [3.8, 4) is 0 Å². The molecular weight excluding hydrogens is 270 g/mol. The van der Waals surface area contributed by atoms with Gasteiger partial charge in [0.05, 0.1) is 12.6 Å². The Balaban J connectivity index is 1.50. The fraction of sp³-hybridized carbons (Fsp3) is 0.733. The Hall–Kier alpha value is -0.940. The highest BCUT2D eigenvalue weighted by Gasteiger charge is 2.34. The lowest BCUT2D eigenvalue weighted by atomic mass is 9.77. The minimum atomic E-state index is -0.00425. The van der Waals surface area contributed by atoms with E-state index in [0.717, 1.165) is 17.3 Å². The number of amides is 1. The van der Waals surface area contributed by atoms with E-state index in [0.29, 0.717) is 12.6 Å². The molecule has 2 N–H and O–H groups in total. The number of piperidine rings is 1. The van der Waals surface area contributed by atoms with E-state index in [4.69, 9.17) is 0 Å². The molecular formula is C15H23N3OS. The van der Waals surface area contributed by atoms with Gasteiger partial charge in [-0.2, -0.15) is 0 Å². The molecule has 0 spiro atoms. The molecule has 0 radical (unpaired) electrons. The normalized spacial score (nSPS) is 29.8. The van der Waals surface area contributed by atoms with E-state index >= 15 is 0 Å². The third-order valence-electron chi connectivity index (χ3n) is 4.55.